The van der Waals surface area contributed by atoms with Crippen molar-refractivity contribution in [3.8, 4) is 5.75 Å². The Hall–Kier alpha value is -1.59. The molecule has 4 saturated heterocycles. The minimum absolute atomic E-state index is 0.297. The molecule has 1 amide bonds. The van der Waals surface area contributed by atoms with Crippen molar-refractivity contribution in [2.24, 2.45) is 5.92 Å². The number of methoxy groups -OCH3 is 1. The number of likely N-dealkylation sites (tertiary alicyclic amines) is 1. The van der Waals surface area contributed by atoms with Crippen molar-refractivity contribution >= 4 is 5.91 Å². The summed E-state index contributed by atoms with van der Waals surface area (Å²) >= 11 is 0. The van der Waals surface area contributed by atoms with E-state index in [2.05, 4.69) is 52.8 Å². The lowest BCUT2D eigenvalue weighted by molar-refractivity contribution is -0.137. The first-order valence-electron chi connectivity index (χ1n) is 10.4. The molecule has 3 atom stereocenters. The average Bonchev–Trinajstić information content (AvgIpc) is 3.12. The van der Waals surface area contributed by atoms with Crippen molar-refractivity contribution in [2.75, 3.05) is 40.3 Å². The first-order chi connectivity index (χ1) is 13.0. The third kappa shape index (κ3) is 3.36. The Morgan fingerprint density at radius 2 is 1.85 bits per heavy atom. The van der Waals surface area contributed by atoms with Crippen LogP contribution in [0.15, 0.2) is 24.3 Å². The maximum absolute atomic E-state index is 13.2. The zero-order valence-corrected chi connectivity index (χ0v) is 17.1. The molecule has 0 radical (unpaired) electrons. The predicted molar refractivity (Wildman–Crippen MR) is 107 cm³/mol. The van der Waals surface area contributed by atoms with Crippen molar-refractivity contribution in [3.63, 3.8) is 0 Å². The van der Waals surface area contributed by atoms with E-state index in [0.29, 0.717) is 42.4 Å². The number of hydrogen-bond acceptors (Lipinski definition) is 4. The van der Waals surface area contributed by atoms with E-state index in [1.54, 1.807) is 7.11 Å². The molecule has 4 aliphatic heterocycles. The SMILES string of the molecule is COc1ccc([C@H]2CN(C(=O)CN(C)C(C)C)[C@H]3C4CCN(CC4)[C@@H]23)cc1. The van der Waals surface area contributed by atoms with Gasteiger partial charge in [-0.1, -0.05) is 12.1 Å². The number of likely N-dealkylation sites (N-methyl/N-ethyl adjacent to an activating group) is 1. The highest BCUT2D eigenvalue weighted by Crippen LogP contribution is 2.46. The molecule has 4 heterocycles. The molecule has 5 rings (SSSR count). The molecule has 5 nitrogen and oxygen atoms in total. The molecule has 5 heteroatoms. The van der Waals surface area contributed by atoms with Crippen LogP contribution in [0.2, 0.25) is 0 Å². The summed E-state index contributed by atoms with van der Waals surface area (Å²) in [6.45, 7) is 8.03. The summed E-state index contributed by atoms with van der Waals surface area (Å²) in [5.41, 5.74) is 1.34. The van der Waals surface area contributed by atoms with Gasteiger partial charge < -0.3 is 9.64 Å². The Kier molecular flexibility index (Phi) is 5.17. The van der Waals surface area contributed by atoms with Crippen LogP contribution in [0.4, 0.5) is 0 Å². The number of amides is 1. The average molecular weight is 372 g/mol. The summed E-state index contributed by atoms with van der Waals surface area (Å²) in [5.74, 6) is 2.25. The molecule has 1 aromatic carbocycles. The Balaban J connectivity index is 1.60. The normalized spacial score (nSPS) is 32.2. The van der Waals surface area contributed by atoms with Crippen LogP contribution in [0, 0.1) is 5.92 Å². The van der Waals surface area contributed by atoms with Crippen molar-refractivity contribution < 1.29 is 9.53 Å². The molecular formula is C22H33N3O2. The second kappa shape index (κ2) is 7.44. The first-order valence-corrected chi connectivity index (χ1v) is 10.4. The van der Waals surface area contributed by atoms with Crippen LogP contribution in [-0.2, 0) is 4.79 Å². The molecule has 148 valence electrons. The maximum Gasteiger partial charge on any atom is 0.237 e. The molecule has 0 N–H and O–H groups in total. The molecule has 27 heavy (non-hydrogen) atoms. The second-order valence-corrected chi connectivity index (χ2v) is 8.79. The summed E-state index contributed by atoms with van der Waals surface area (Å²) in [6, 6.07) is 9.73. The quantitative estimate of drug-likeness (QED) is 0.796. The van der Waals surface area contributed by atoms with Gasteiger partial charge in [0.2, 0.25) is 5.91 Å². The van der Waals surface area contributed by atoms with E-state index in [0.717, 1.165) is 12.3 Å². The van der Waals surface area contributed by atoms with Crippen LogP contribution in [0.3, 0.4) is 0 Å². The van der Waals surface area contributed by atoms with Gasteiger partial charge in [-0.2, -0.15) is 0 Å². The number of carbonyl (C=O) groups is 1. The summed E-state index contributed by atoms with van der Waals surface area (Å²) < 4.78 is 5.33. The lowest BCUT2D eigenvalue weighted by Crippen LogP contribution is -2.61. The Morgan fingerprint density at radius 3 is 2.44 bits per heavy atom. The third-order valence-electron chi connectivity index (χ3n) is 7.12. The van der Waals surface area contributed by atoms with Gasteiger partial charge in [0.05, 0.1) is 19.7 Å². The van der Waals surface area contributed by atoms with Gasteiger partial charge in [-0.05, 0) is 70.4 Å². The van der Waals surface area contributed by atoms with Crippen LogP contribution in [0.5, 0.6) is 5.75 Å². The van der Waals surface area contributed by atoms with Crippen molar-refractivity contribution in [3.05, 3.63) is 29.8 Å². The molecule has 0 unspecified atom stereocenters. The van der Waals surface area contributed by atoms with E-state index >= 15 is 0 Å². The van der Waals surface area contributed by atoms with Crippen LogP contribution in [-0.4, -0.2) is 79.1 Å². The standard InChI is InChI=1S/C22H33N3O2/c1-15(2)23(3)14-20(26)25-13-19(16-5-7-18(27-4)8-6-16)22-21(25)17-9-11-24(22)12-10-17/h5-8,15,17,19,21-22H,9-14H2,1-4H3/t19-,21+,22+/m1/s1. The van der Waals surface area contributed by atoms with Crippen LogP contribution in [0.25, 0.3) is 0 Å². The van der Waals surface area contributed by atoms with E-state index in [4.69, 9.17) is 4.74 Å². The molecule has 0 aromatic heterocycles. The molecule has 4 fully saturated rings. The molecule has 1 aromatic rings. The minimum Gasteiger partial charge on any atom is -0.497 e. The van der Waals surface area contributed by atoms with Crippen LogP contribution in [0.1, 0.15) is 38.2 Å². The lowest BCUT2D eigenvalue weighted by Gasteiger charge is -2.51. The summed E-state index contributed by atoms with van der Waals surface area (Å²) in [4.78, 5) is 20.2. The van der Waals surface area contributed by atoms with Crippen LogP contribution >= 0.6 is 0 Å². The van der Waals surface area contributed by atoms with Gasteiger partial charge in [0, 0.05) is 24.5 Å². The third-order valence-corrected chi connectivity index (χ3v) is 7.12. The number of piperidine rings is 3. The predicted octanol–water partition coefficient (Wildman–Crippen LogP) is 2.42. The van der Waals surface area contributed by atoms with Gasteiger partial charge in [-0.3, -0.25) is 14.6 Å². The zero-order valence-electron chi connectivity index (χ0n) is 17.1. The number of rotatable bonds is 5. The summed E-state index contributed by atoms with van der Waals surface area (Å²) in [5, 5.41) is 0. The van der Waals surface area contributed by atoms with E-state index in [9.17, 15) is 4.79 Å². The van der Waals surface area contributed by atoms with Gasteiger partial charge >= 0.3 is 0 Å². The van der Waals surface area contributed by atoms with E-state index in [1.807, 2.05) is 7.05 Å². The topological polar surface area (TPSA) is 36.0 Å². The second-order valence-electron chi connectivity index (χ2n) is 8.79. The Bertz CT molecular complexity index is 667. The molecule has 0 saturated carbocycles. The number of benzene rings is 1. The monoisotopic (exact) mass is 371 g/mol. The zero-order chi connectivity index (χ0) is 19.1. The summed E-state index contributed by atoms with van der Waals surface area (Å²) in [6.07, 6.45) is 2.47. The molecule has 2 bridgehead atoms. The molecule has 0 spiro atoms. The number of hydrogen-bond donors (Lipinski definition) is 0. The minimum atomic E-state index is 0.297. The number of ether oxygens (including phenoxy) is 1. The van der Waals surface area contributed by atoms with Gasteiger partial charge in [-0.25, -0.2) is 0 Å². The molecular weight excluding hydrogens is 338 g/mol. The van der Waals surface area contributed by atoms with Crippen molar-refractivity contribution in [1.82, 2.24) is 14.7 Å². The Morgan fingerprint density at radius 1 is 1.19 bits per heavy atom. The van der Waals surface area contributed by atoms with Gasteiger partial charge in [-0.15, -0.1) is 0 Å². The van der Waals surface area contributed by atoms with Gasteiger partial charge in [0.15, 0.2) is 0 Å². The fourth-order valence-electron chi connectivity index (χ4n) is 5.34. The number of nitrogens with zero attached hydrogens (tertiary/aromatic N) is 3. The Labute approximate surface area is 163 Å². The van der Waals surface area contributed by atoms with E-state index < -0.39 is 0 Å². The lowest BCUT2D eigenvalue weighted by atomic mass is 9.75. The fraction of sp³-hybridized carbons (Fsp3) is 0.682. The van der Waals surface area contributed by atoms with Crippen LogP contribution < -0.4 is 4.74 Å². The highest BCUT2D eigenvalue weighted by molar-refractivity contribution is 5.79. The molecule has 4 aliphatic rings. The van der Waals surface area contributed by atoms with Gasteiger partial charge in [0.25, 0.3) is 0 Å². The van der Waals surface area contributed by atoms with Crippen molar-refractivity contribution in [1.29, 1.82) is 0 Å². The fourth-order valence-corrected chi connectivity index (χ4v) is 5.34. The highest BCUT2D eigenvalue weighted by atomic mass is 16.5. The number of carbonyl (C=O) groups excluding carboxylic acids is 1. The van der Waals surface area contributed by atoms with Gasteiger partial charge in [0.1, 0.15) is 5.75 Å². The van der Waals surface area contributed by atoms with Crippen molar-refractivity contribution in [2.45, 2.75) is 50.7 Å². The van der Waals surface area contributed by atoms with E-state index in [-0.39, 0.29) is 0 Å². The maximum atomic E-state index is 13.2. The first kappa shape index (κ1) is 18.8. The largest absolute Gasteiger partial charge is 0.497 e. The molecule has 0 aliphatic carbocycles. The smallest absolute Gasteiger partial charge is 0.237 e. The number of fused-ring (bicyclic) bond motifs is 2. The summed E-state index contributed by atoms with van der Waals surface area (Å²) in [7, 11) is 3.76. The highest BCUT2D eigenvalue weighted by Gasteiger charge is 2.54. The van der Waals surface area contributed by atoms with E-state index in [1.165, 1.54) is 31.5 Å².